The number of halogens is 1. The maximum atomic E-state index is 14.2. The van der Waals surface area contributed by atoms with Crippen molar-refractivity contribution in [3.8, 4) is 23.0 Å². The molecule has 256 valence electrons. The number of nitro groups is 1. The van der Waals surface area contributed by atoms with E-state index in [-0.39, 0.29) is 36.1 Å². The molecule has 0 aliphatic carbocycles. The third-order valence-electron chi connectivity index (χ3n) is 7.49. The van der Waals surface area contributed by atoms with E-state index in [0.29, 0.717) is 53.6 Å². The fourth-order valence-electron chi connectivity index (χ4n) is 5.26. The molecule has 1 aliphatic heterocycles. The van der Waals surface area contributed by atoms with Gasteiger partial charge < -0.3 is 23.7 Å². The number of nitrogens with zero attached hydrogens (tertiary/aromatic N) is 3. The molecule has 0 spiro atoms. The van der Waals surface area contributed by atoms with Crippen LogP contribution in [0.5, 0.6) is 23.0 Å². The third-order valence-corrected chi connectivity index (χ3v) is 9.16. The fraction of sp³-hybridized carbons (Fsp3) is 0.286. The Morgan fingerprint density at radius 3 is 2.39 bits per heavy atom. The average molecular weight is 753 g/mol. The summed E-state index contributed by atoms with van der Waals surface area (Å²) in [6, 6.07) is 14.0. The summed E-state index contributed by atoms with van der Waals surface area (Å²) in [5.41, 5.74) is 2.32. The number of aromatic nitrogens is 1. The highest BCUT2D eigenvalue weighted by atomic mass is 79.9. The second-order valence-corrected chi connectivity index (χ2v) is 13.0. The summed E-state index contributed by atoms with van der Waals surface area (Å²) in [5.74, 6) is 1.27. The Bertz CT molecular complexity index is 2120. The number of nitro benzene ring substituents is 1. The number of ether oxygens (including phenoxy) is 5. The van der Waals surface area contributed by atoms with Crippen molar-refractivity contribution in [2.75, 3.05) is 20.8 Å². The Morgan fingerprint density at radius 2 is 1.76 bits per heavy atom. The second-order valence-electron chi connectivity index (χ2n) is 11.1. The summed E-state index contributed by atoms with van der Waals surface area (Å²) in [6.45, 7) is 7.56. The molecular formula is C35H34BrN3O9S. The van der Waals surface area contributed by atoms with Crippen molar-refractivity contribution in [2.45, 2.75) is 46.4 Å². The topological polar surface area (TPSA) is 141 Å². The monoisotopic (exact) mass is 751 g/mol. The van der Waals surface area contributed by atoms with Crippen molar-refractivity contribution in [1.82, 2.24) is 4.57 Å². The molecule has 0 N–H and O–H groups in total. The van der Waals surface area contributed by atoms with Crippen LogP contribution in [0.2, 0.25) is 0 Å². The molecule has 0 bridgehead atoms. The minimum atomic E-state index is -0.840. The zero-order valence-electron chi connectivity index (χ0n) is 27.6. The fourth-order valence-corrected chi connectivity index (χ4v) is 6.74. The van der Waals surface area contributed by atoms with Crippen LogP contribution in [-0.4, -0.2) is 42.4 Å². The number of rotatable bonds is 12. The number of carbonyl (C=O) groups excluding carboxylic acids is 1. The van der Waals surface area contributed by atoms with Crippen LogP contribution in [-0.2, 0) is 16.1 Å². The molecule has 0 saturated heterocycles. The highest BCUT2D eigenvalue weighted by Crippen LogP contribution is 2.37. The van der Waals surface area contributed by atoms with Gasteiger partial charge in [0.25, 0.3) is 11.2 Å². The lowest BCUT2D eigenvalue weighted by molar-refractivity contribution is -0.384. The molecule has 0 saturated carbocycles. The van der Waals surface area contributed by atoms with E-state index in [1.54, 1.807) is 62.4 Å². The number of allylic oxidation sites excluding steroid dienone is 1. The van der Waals surface area contributed by atoms with Crippen LogP contribution in [0.15, 0.2) is 80.1 Å². The summed E-state index contributed by atoms with van der Waals surface area (Å²) in [7, 11) is 3.04. The molecule has 1 aliphatic rings. The van der Waals surface area contributed by atoms with E-state index in [1.807, 2.05) is 13.8 Å². The van der Waals surface area contributed by atoms with Gasteiger partial charge in [-0.25, -0.2) is 9.79 Å². The molecule has 2 heterocycles. The van der Waals surface area contributed by atoms with Gasteiger partial charge in [0.15, 0.2) is 27.8 Å². The quantitative estimate of drug-likeness (QED) is 0.0990. The molecular weight excluding hydrogens is 718 g/mol. The average Bonchev–Trinajstić information content (AvgIpc) is 3.37. The van der Waals surface area contributed by atoms with Gasteiger partial charge in [0, 0.05) is 16.6 Å². The molecule has 49 heavy (non-hydrogen) atoms. The van der Waals surface area contributed by atoms with Crippen LogP contribution >= 0.6 is 27.3 Å². The van der Waals surface area contributed by atoms with Crippen molar-refractivity contribution in [3.63, 3.8) is 0 Å². The molecule has 0 radical (unpaired) electrons. The lowest BCUT2D eigenvalue weighted by Crippen LogP contribution is -2.40. The minimum absolute atomic E-state index is 0.00817. The highest BCUT2D eigenvalue weighted by Gasteiger charge is 2.34. The Morgan fingerprint density at radius 1 is 1.06 bits per heavy atom. The molecule has 5 rings (SSSR count). The maximum Gasteiger partial charge on any atom is 0.338 e. The van der Waals surface area contributed by atoms with E-state index < -0.39 is 16.9 Å². The summed E-state index contributed by atoms with van der Waals surface area (Å²) < 4.78 is 31.0. The smallest absolute Gasteiger partial charge is 0.338 e. The van der Waals surface area contributed by atoms with Crippen molar-refractivity contribution >= 4 is 45.0 Å². The molecule has 1 atom stereocenters. The van der Waals surface area contributed by atoms with Gasteiger partial charge >= 0.3 is 5.97 Å². The van der Waals surface area contributed by atoms with E-state index in [4.69, 9.17) is 23.7 Å². The zero-order valence-corrected chi connectivity index (χ0v) is 30.0. The number of non-ortho nitro benzene ring substituents is 1. The Kier molecular flexibility index (Phi) is 10.9. The van der Waals surface area contributed by atoms with Crippen molar-refractivity contribution in [3.05, 3.63) is 117 Å². The van der Waals surface area contributed by atoms with Crippen LogP contribution in [0.1, 0.15) is 50.4 Å². The molecule has 0 fully saturated rings. The molecule has 4 aromatic rings. The predicted molar refractivity (Wildman–Crippen MR) is 187 cm³/mol. The summed E-state index contributed by atoms with van der Waals surface area (Å²) >= 11 is 4.78. The number of carbonyl (C=O) groups is 1. The van der Waals surface area contributed by atoms with Crippen LogP contribution in [0.25, 0.3) is 6.08 Å². The largest absolute Gasteiger partial charge is 0.493 e. The lowest BCUT2D eigenvalue weighted by Gasteiger charge is -2.25. The number of esters is 1. The van der Waals surface area contributed by atoms with Gasteiger partial charge in [-0.3, -0.25) is 19.5 Å². The standard InChI is InChI=1S/C35H34BrN3O9S/c1-7-46-34(41)31-20(4)37-35-38(32(31)22-10-13-26(48-19(2)3)27(14-22)44-5)33(40)30(49-35)16-23-15-28(45-6)29(17-25(23)36)47-18-21-8-11-24(12-9-21)39(42)43/h8-17,19,32H,7,18H2,1-6H3/b30-16-/t32-/m0/s1. The summed E-state index contributed by atoms with van der Waals surface area (Å²) in [6.07, 6.45) is 1.63. The molecule has 1 aromatic heterocycles. The molecule has 3 aromatic carbocycles. The number of benzene rings is 3. The van der Waals surface area contributed by atoms with Crippen LogP contribution in [0.3, 0.4) is 0 Å². The first-order valence-corrected chi connectivity index (χ1v) is 16.8. The van der Waals surface area contributed by atoms with Gasteiger partial charge in [-0.15, -0.1) is 0 Å². The van der Waals surface area contributed by atoms with Gasteiger partial charge in [-0.05, 0) is 86.9 Å². The number of fused-ring (bicyclic) bond motifs is 1. The van der Waals surface area contributed by atoms with Gasteiger partial charge in [-0.1, -0.05) is 33.3 Å². The van der Waals surface area contributed by atoms with E-state index in [9.17, 15) is 19.7 Å². The SMILES string of the molecule is CCOC(=O)C1=C(C)N=c2s/c(=C\c3cc(OC)c(OCc4ccc([N+](=O)[O-])cc4)cc3Br)c(=O)n2[C@H]1c1ccc(OC(C)C)c(OC)c1. The minimum Gasteiger partial charge on any atom is -0.493 e. The number of thiazole rings is 1. The lowest BCUT2D eigenvalue weighted by atomic mass is 9.95. The van der Waals surface area contributed by atoms with Crippen LogP contribution in [0.4, 0.5) is 5.69 Å². The Hall–Kier alpha value is -4.95. The third kappa shape index (κ3) is 7.55. The van der Waals surface area contributed by atoms with E-state index in [0.717, 1.165) is 5.56 Å². The van der Waals surface area contributed by atoms with Crippen molar-refractivity contribution in [2.24, 2.45) is 4.99 Å². The van der Waals surface area contributed by atoms with E-state index in [1.165, 1.54) is 42.3 Å². The highest BCUT2D eigenvalue weighted by molar-refractivity contribution is 9.10. The first kappa shape index (κ1) is 35.4. The number of methoxy groups -OCH3 is 2. The summed E-state index contributed by atoms with van der Waals surface area (Å²) in [5, 5.41) is 11.0. The summed E-state index contributed by atoms with van der Waals surface area (Å²) in [4.78, 5) is 43.1. The van der Waals surface area contributed by atoms with Gasteiger partial charge in [-0.2, -0.15) is 0 Å². The van der Waals surface area contributed by atoms with E-state index >= 15 is 0 Å². The number of hydrogen-bond donors (Lipinski definition) is 0. The zero-order chi connectivity index (χ0) is 35.4. The Labute approximate surface area is 294 Å². The predicted octanol–water partition coefficient (Wildman–Crippen LogP) is 5.85. The first-order chi connectivity index (χ1) is 23.4. The van der Waals surface area contributed by atoms with Crippen molar-refractivity contribution < 1.29 is 33.4 Å². The van der Waals surface area contributed by atoms with Gasteiger partial charge in [0.2, 0.25) is 0 Å². The van der Waals surface area contributed by atoms with Crippen LogP contribution in [0, 0.1) is 10.1 Å². The normalized spacial score (nSPS) is 14.3. The second kappa shape index (κ2) is 15.1. The molecule has 0 unspecified atom stereocenters. The molecule has 12 nitrogen and oxygen atoms in total. The molecule has 0 amide bonds. The van der Waals surface area contributed by atoms with E-state index in [2.05, 4.69) is 20.9 Å². The van der Waals surface area contributed by atoms with Gasteiger partial charge in [0.1, 0.15) is 6.61 Å². The first-order valence-electron chi connectivity index (χ1n) is 15.2. The van der Waals surface area contributed by atoms with Crippen LogP contribution < -0.4 is 33.8 Å². The molecule has 14 heteroatoms. The van der Waals surface area contributed by atoms with Gasteiger partial charge in [0.05, 0.1) is 53.7 Å². The number of hydrogen-bond acceptors (Lipinski definition) is 11. The maximum absolute atomic E-state index is 14.2. The van der Waals surface area contributed by atoms with Crippen molar-refractivity contribution in [1.29, 1.82) is 0 Å². The Balaban J connectivity index is 1.56.